The molecule has 0 N–H and O–H groups in total. The number of nitrogens with zero attached hydrogens (tertiary/aromatic N) is 2. The van der Waals surface area contributed by atoms with Crippen LogP contribution in [0.1, 0.15) is 16.1 Å². The molecule has 0 saturated carbocycles. The first-order valence-corrected chi connectivity index (χ1v) is 6.82. The highest BCUT2D eigenvalue weighted by molar-refractivity contribution is 7.03. The molecule has 0 radical (unpaired) electrons. The molecule has 0 aliphatic rings. The normalized spacial score (nSPS) is 10.5. The van der Waals surface area contributed by atoms with Gasteiger partial charge in [0, 0.05) is 10.9 Å². The van der Waals surface area contributed by atoms with Crippen molar-refractivity contribution in [1.82, 2.24) is 9.59 Å². The van der Waals surface area contributed by atoms with Gasteiger partial charge in [-0.3, -0.25) is 4.79 Å². The summed E-state index contributed by atoms with van der Waals surface area (Å²) in [7, 11) is 1.29. The summed E-state index contributed by atoms with van der Waals surface area (Å²) in [6.07, 6.45) is 3.04. The van der Waals surface area contributed by atoms with Gasteiger partial charge in [-0.15, -0.1) is 5.10 Å². The predicted octanol–water partition coefficient (Wildman–Crippen LogP) is 1.99. The van der Waals surface area contributed by atoms with Crippen molar-refractivity contribution in [3.05, 3.63) is 47.0 Å². The van der Waals surface area contributed by atoms with Crippen LogP contribution in [0, 0.1) is 0 Å². The minimum absolute atomic E-state index is 0.150. The first kappa shape index (κ1) is 14.9. The third-order valence-electron chi connectivity index (χ3n) is 2.51. The summed E-state index contributed by atoms with van der Waals surface area (Å²) in [4.78, 5) is 22.9. The van der Waals surface area contributed by atoms with E-state index in [0.717, 1.165) is 0 Å². The Kier molecular flexibility index (Phi) is 5.16. The average Bonchev–Trinajstić information content (AvgIpc) is 3.04. The molecule has 2 rings (SSSR count). The highest BCUT2D eigenvalue weighted by atomic mass is 32.1. The maximum atomic E-state index is 11.9. The van der Waals surface area contributed by atoms with Gasteiger partial charge in [0.25, 0.3) is 0 Å². The van der Waals surface area contributed by atoms with E-state index in [4.69, 9.17) is 4.74 Å². The number of hydrogen-bond acceptors (Lipinski definition) is 7. The van der Waals surface area contributed by atoms with E-state index in [2.05, 4.69) is 14.3 Å². The van der Waals surface area contributed by atoms with Crippen molar-refractivity contribution in [3.63, 3.8) is 0 Å². The van der Waals surface area contributed by atoms with Crippen molar-refractivity contribution in [2.24, 2.45) is 0 Å². The van der Waals surface area contributed by atoms with Gasteiger partial charge in [0.2, 0.25) is 0 Å². The summed E-state index contributed by atoms with van der Waals surface area (Å²) >= 11 is 1.22. The standard InChI is InChI=1S/C14H12N2O4S/c1-19-14(18)8-20-12-5-2-10(3-6-12)13(17)7-4-11-9-21-16-15-11/h2-7,9H,8H2,1H3. The SMILES string of the molecule is COC(=O)COc1ccc(C(=O)C=Cc2csnn2)cc1. The summed E-state index contributed by atoms with van der Waals surface area (Å²) in [6.45, 7) is -0.166. The van der Waals surface area contributed by atoms with Crippen molar-refractivity contribution in [2.45, 2.75) is 0 Å². The zero-order valence-electron chi connectivity index (χ0n) is 11.2. The number of esters is 1. The molecule has 108 valence electrons. The minimum Gasteiger partial charge on any atom is -0.482 e. The van der Waals surface area contributed by atoms with Crippen LogP contribution in [0.25, 0.3) is 6.08 Å². The number of hydrogen-bond donors (Lipinski definition) is 0. The highest BCUT2D eigenvalue weighted by Gasteiger charge is 2.04. The molecule has 0 saturated heterocycles. The number of carbonyl (C=O) groups is 2. The molecule has 1 heterocycles. The van der Waals surface area contributed by atoms with Gasteiger partial charge in [-0.25, -0.2) is 4.79 Å². The molecule has 1 aromatic heterocycles. The van der Waals surface area contributed by atoms with Gasteiger partial charge in [-0.2, -0.15) is 0 Å². The lowest BCUT2D eigenvalue weighted by molar-refractivity contribution is -0.142. The maximum absolute atomic E-state index is 11.9. The van der Waals surface area contributed by atoms with Crippen molar-refractivity contribution in [2.75, 3.05) is 13.7 Å². The number of ketones is 1. The molecule has 0 bridgehead atoms. The van der Waals surface area contributed by atoms with Crippen LogP contribution >= 0.6 is 11.5 Å². The maximum Gasteiger partial charge on any atom is 0.343 e. The molecule has 2 aromatic rings. The van der Waals surface area contributed by atoms with E-state index in [0.29, 0.717) is 17.0 Å². The summed E-state index contributed by atoms with van der Waals surface area (Å²) in [5, 5.41) is 5.55. The summed E-state index contributed by atoms with van der Waals surface area (Å²) < 4.78 is 13.4. The molecule has 0 unspecified atom stereocenters. The molecule has 21 heavy (non-hydrogen) atoms. The van der Waals surface area contributed by atoms with Gasteiger partial charge in [0.1, 0.15) is 5.75 Å². The molecular weight excluding hydrogens is 292 g/mol. The summed E-state index contributed by atoms with van der Waals surface area (Å²) in [6, 6.07) is 6.49. The number of allylic oxidation sites excluding steroid dienone is 1. The third kappa shape index (κ3) is 4.50. The van der Waals surface area contributed by atoms with Gasteiger partial charge >= 0.3 is 5.97 Å². The zero-order valence-corrected chi connectivity index (χ0v) is 12.0. The quantitative estimate of drug-likeness (QED) is 0.461. The molecular formula is C14H12N2O4S. The number of aromatic nitrogens is 2. The van der Waals surface area contributed by atoms with E-state index in [-0.39, 0.29) is 12.4 Å². The summed E-state index contributed by atoms with van der Waals surface area (Å²) in [5.41, 5.74) is 1.16. The molecule has 0 amide bonds. The topological polar surface area (TPSA) is 78.4 Å². The number of ether oxygens (including phenoxy) is 2. The molecule has 0 fully saturated rings. The van der Waals surface area contributed by atoms with E-state index in [1.54, 1.807) is 35.7 Å². The van der Waals surface area contributed by atoms with Gasteiger partial charge in [-0.1, -0.05) is 4.49 Å². The lowest BCUT2D eigenvalue weighted by Gasteiger charge is -2.04. The monoisotopic (exact) mass is 304 g/mol. The van der Waals surface area contributed by atoms with Crippen molar-refractivity contribution >= 4 is 29.4 Å². The Morgan fingerprint density at radius 2 is 2.05 bits per heavy atom. The molecule has 1 aromatic carbocycles. The van der Waals surface area contributed by atoms with Gasteiger partial charge in [-0.05, 0) is 47.9 Å². The Balaban J connectivity index is 1.95. The Morgan fingerprint density at radius 1 is 1.29 bits per heavy atom. The molecule has 7 heteroatoms. The van der Waals surface area contributed by atoms with Crippen LogP contribution in [-0.2, 0) is 9.53 Å². The molecule has 6 nitrogen and oxygen atoms in total. The Morgan fingerprint density at radius 3 is 2.67 bits per heavy atom. The van der Waals surface area contributed by atoms with E-state index >= 15 is 0 Å². The number of rotatable bonds is 6. The van der Waals surface area contributed by atoms with Crippen LogP contribution in [0.3, 0.4) is 0 Å². The number of methoxy groups -OCH3 is 1. The van der Waals surface area contributed by atoms with Crippen LogP contribution in [0.4, 0.5) is 0 Å². The first-order valence-electron chi connectivity index (χ1n) is 5.98. The number of carbonyl (C=O) groups excluding carboxylic acids is 2. The Hall–Kier alpha value is -2.54. The average molecular weight is 304 g/mol. The van der Waals surface area contributed by atoms with Crippen LogP contribution < -0.4 is 4.74 Å². The second-order valence-corrected chi connectivity index (χ2v) is 4.53. The minimum atomic E-state index is -0.463. The van der Waals surface area contributed by atoms with E-state index in [9.17, 15) is 9.59 Å². The summed E-state index contributed by atoms with van der Waals surface area (Å²) in [5.74, 6) is -0.123. The zero-order chi connectivity index (χ0) is 15.1. The predicted molar refractivity (Wildman–Crippen MR) is 77.2 cm³/mol. The second-order valence-electron chi connectivity index (χ2n) is 3.92. The van der Waals surface area contributed by atoms with Gasteiger partial charge in [0.15, 0.2) is 12.4 Å². The van der Waals surface area contributed by atoms with E-state index < -0.39 is 5.97 Å². The molecule has 0 aliphatic carbocycles. The fourth-order valence-electron chi connectivity index (χ4n) is 1.42. The fraction of sp³-hybridized carbons (Fsp3) is 0.143. The van der Waals surface area contributed by atoms with Crippen molar-refractivity contribution in [1.29, 1.82) is 0 Å². The fourth-order valence-corrected chi connectivity index (χ4v) is 1.84. The van der Waals surface area contributed by atoms with Crippen molar-refractivity contribution in [3.8, 4) is 5.75 Å². The van der Waals surface area contributed by atoms with Crippen LogP contribution in [0.2, 0.25) is 0 Å². The van der Waals surface area contributed by atoms with E-state index in [1.807, 2.05) is 0 Å². The Labute approximate surface area is 125 Å². The van der Waals surface area contributed by atoms with E-state index in [1.165, 1.54) is 24.7 Å². The van der Waals surface area contributed by atoms with Crippen LogP contribution in [0.5, 0.6) is 5.75 Å². The molecule has 0 aliphatic heterocycles. The van der Waals surface area contributed by atoms with Crippen LogP contribution in [-0.4, -0.2) is 35.1 Å². The first-order chi connectivity index (χ1) is 10.2. The largest absolute Gasteiger partial charge is 0.482 e. The molecule has 0 spiro atoms. The lowest BCUT2D eigenvalue weighted by Crippen LogP contribution is -2.12. The smallest absolute Gasteiger partial charge is 0.343 e. The van der Waals surface area contributed by atoms with Crippen LogP contribution in [0.15, 0.2) is 35.7 Å². The molecule has 0 atom stereocenters. The lowest BCUT2D eigenvalue weighted by atomic mass is 10.1. The third-order valence-corrected chi connectivity index (χ3v) is 3.03. The van der Waals surface area contributed by atoms with Gasteiger partial charge in [0.05, 0.1) is 12.8 Å². The van der Waals surface area contributed by atoms with Gasteiger partial charge < -0.3 is 9.47 Å². The number of benzene rings is 1. The highest BCUT2D eigenvalue weighted by Crippen LogP contribution is 2.13. The Bertz CT molecular complexity index is 636. The second kappa shape index (κ2) is 7.30. The van der Waals surface area contributed by atoms with Crippen molar-refractivity contribution < 1.29 is 19.1 Å².